The molecule has 36 heavy (non-hydrogen) atoms. The molecule has 0 saturated carbocycles. The van der Waals surface area contributed by atoms with E-state index < -0.39 is 0 Å². The van der Waals surface area contributed by atoms with E-state index in [1.807, 2.05) is 72.8 Å². The third kappa shape index (κ3) is 7.65. The smallest absolute Gasteiger partial charge is 0.251 e. The Morgan fingerprint density at radius 3 is 2.39 bits per heavy atom. The Hall–Kier alpha value is -3.70. The van der Waals surface area contributed by atoms with E-state index in [0.717, 1.165) is 47.6 Å². The molecule has 3 aromatic rings. The van der Waals surface area contributed by atoms with Crippen molar-refractivity contribution in [3.05, 3.63) is 107 Å². The SMILES string of the molecule is Cc1cccc(CN(C(=O)C=Cc2ccccc2)c2ccc(CC(=O)NCCN3CCCC3)cc2)c1. The summed E-state index contributed by atoms with van der Waals surface area (Å²) in [6, 6.07) is 25.7. The Balaban J connectivity index is 1.42. The number of carbonyl (C=O) groups excluding carboxylic acids is 2. The lowest BCUT2D eigenvalue weighted by Gasteiger charge is -2.22. The zero-order chi connectivity index (χ0) is 25.2. The Labute approximate surface area is 214 Å². The molecule has 0 unspecified atom stereocenters. The monoisotopic (exact) mass is 481 g/mol. The average molecular weight is 482 g/mol. The molecule has 1 N–H and O–H groups in total. The maximum Gasteiger partial charge on any atom is 0.251 e. The predicted molar refractivity (Wildman–Crippen MR) is 147 cm³/mol. The second-order valence-corrected chi connectivity index (χ2v) is 9.40. The predicted octanol–water partition coefficient (Wildman–Crippen LogP) is 5.00. The van der Waals surface area contributed by atoms with Crippen molar-refractivity contribution in [2.75, 3.05) is 31.1 Å². The molecule has 5 heteroatoms. The van der Waals surface area contributed by atoms with Gasteiger partial charge in [0.15, 0.2) is 0 Å². The van der Waals surface area contributed by atoms with Gasteiger partial charge in [0.1, 0.15) is 0 Å². The van der Waals surface area contributed by atoms with E-state index in [2.05, 4.69) is 29.3 Å². The van der Waals surface area contributed by atoms with E-state index in [9.17, 15) is 9.59 Å². The maximum atomic E-state index is 13.3. The van der Waals surface area contributed by atoms with E-state index in [1.54, 1.807) is 11.0 Å². The summed E-state index contributed by atoms with van der Waals surface area (Å²) in [4.78, 5) is 29.8. The quantitative estimate of drug-likeness (QED) is 0.415. The fraction of sp³-hybridized carbons (Fsp3) is 0.290. The second kappa shape index (κ2) is 12.8. The van der Waals surface area contributed by atoms with Crippen molar-refractivity contribution >= 4 is 23.6 Å². The molecule has 1 aliphatic heterocycles. The molecule has 1 fully saturated rings. The fourth-order valence-corrected chi connectivity index (χ4v) is 4.51. The van der Waals surface area contributed by atoms with Crippen LogP contribution in [0.25, 0.3) is 6.08 Å². The van der Waals surface area contributed by atoms with Crippen molar-refractivity contribution < 1.29 is 9.59 Å². The van der Waals surface area contributed by atoms with Crippen LogP contribution in [0.4, 0.5) is 5.69 Å². The number of hydrogen-bond acceptors (Lipinski definition) is 3. The number of nitrogens with zero attached hydrogens (tertiary/aromatic N) is 2. The van der Waals surface area contributed by atoms with Crippen LogP contribution in [0.5, 0.6) is 0 Å². The number of likely N-dealkylation sites (tertiary alicyclic amines) is 1. The Morgan fingerprint density at radius 2 is 1.67 bits per heavy atom. The van der Waals surface area contributed by atoms with Crippen molar-refractivity contribution in [3.63, 3.8) is 0 Å². The van der Waals surface area contributed by atoms with E-state index in [4.69, 9.17) is 0 Å². The third-order valence-electron chi connectivity index (χ3n) is 6.47. The van der Waals surface area contributed by atoms with Gasteiger partial charge in [-0.15, -0.1) is 0 Å². The summed E-state index contributed by atoms with van der Waals surface area (Å²) in [6.45, 7) is 6.39. The van der Waals surface area contributed by atoms with Crippen LogP contribution in [-0.2, 0) is 22.6 Å². The van der Waals surface area contributed by atoms with Crippen LogP contribution in [-0.4, -0.2) is 42.9 Å². The van der Waals surface area contributed by atoms with Crippen LogP contribution in [0, 0.1) is 6.92 Å². The van der Waals surface area contributed by atoms with Crippen molar-refractivity contribution in [2.24, 2.45) is 0 Å². The molecule has 3 aromatic carbocycles. The summed E-state index contributed by atoms with van der Waals surface area (Å²) in [5.41, 5.74) is 4.94. The first-order chi connectivity index (χ1) is 17.6. The molecule has 0 radical (unpaired) electrons. The number of benzene rings is 3. The first-order valence-corrected chi connectivity index (χ1v) is 12.7. The summed E-state index contributed by atoms with van der Waals surface area (Å²) in [5.74, 6) is -0.0619. The number of nitrogens with one attached hydrogen (secondary N) is 1. The van der Waals surface area contributed by atoms with Crippen molar-refractivity contribution in [2.45, 2.75) is 32.7 Å². The standard InChI is InChI=1S/C31H35N3O2/c1-25-8-7-11-28(22-25)24-34(31(36)17-14-26-9-3-2-4-10-26)29-15-12-27(13-16-29)23-30(35)32-18-21-33-19-5-6-20-33/h2-4,7-17,22H,5-6,18-21,23-24H2,1H3,(H,32,35). The van der Waals surface area contributed by atoms with Gasteiger partial charge in [-0.2, -0.15) is 0 Å². The van der Waals surface area contributed by atoms with Crippen LogP contribution in [0.15, 0.2) is 84.9 Å². The first kappa shape index (κ1) is 25.4. The van der Waals surface area contributed by atoms with Crippen LogP contribution >= 0.6 is 0 Å². The topological polar surface area (TPSA) is 52.7 Å². The molecule has 0 atom stereocenters. The van der Waals surface area contributed by atoms with E-state index in [0.29, 0.717) is 19.5 Å². The highest BCUT2D eigenvalue weighted by Gasteiger charge is 2.15. The van der Waals surface area contributed by atoms with Gasteiger partial charge < -0.3 is 15.1 Å². The largest absolute Gasteiger partial charge is 0.355 e. The van der Waals surface area contributed by atoms with Crippen molar-refractivity contribution in [1.29, 1.82) is 0 Å². The highest BCUT2D eigenvalue weighted by atomic mass is 16.2. The van der Waals surface area contributed by atoms with Crippen LogP contribution in [0.2, 0.25) is 0 Å². The number of aryl methyl sites for hydroxylation is 1. The number of carbonyl (C=O) groups is 2. The van der Waals surface area contributed by atoms with Crippen molar-refractivity contribution in [3.8, 4) is 0 Å². The van der Waals surface area contributed by atoms with Gasteiger partial charge in [-0.3, -0.25) is 9.59 Å². The Morgan fingerprint density at radius 1 is 0.917 bits per heavy atom. The summed E-state index contributed by atoms with van der Waals surface area (Å²) in [5, 5.41) is 3.03. The molecule has 0 bridgehead atoms. The average Bonchev–Trinajstić information content (AvgIpc) is 3.41. The molecule has 2 amide bonds. The minimum atomic E-state index is -0.0900. The molecule has 186 valence electrons. The van der Waals surface area contributed by atoms with Gasteiger partial charge in [-0.05, 0) is 67.8 Å². The lowest BCUT2D eigenvalue weighted by molar-refractivity contribution is -0.120. The molecule has 0 aliphatic carbocycles. The van der Waals surface area contributed by atoms with Gasteiger partial charge >= 0.3 is 0 Å². The van der Waals surface area contributed by atoms with Gasteiger partial charge in [-0.1, -0.05) is 72.3 Å². The molecule has 1 heterocycles. The Bertz CT molecular complexity index is 1170. The zero-order valence-corrected chi connectivity index (χ0v) is 21.0. The second-order valence-electron chi connectivity index (χ2n) is 9.40. The minimum absolute atomic E-state index is 0.0282. The van der Waals surface area contributed by atoms with Crippen LogP contribution in [0.3, 0.4) is 0 Å². The molecule has 4 rings (SSSR count). The highest BCUT2D eigenvalue weighted by molar-refractivity contribution is 6.03. The van der Waals surface area contributed by atoms with Crippen LogP contribution < -0.4 is 10.2 Å². The summed E-state index contributed by atoms with van der Waals surface area (Å²) in [7, 11) is 0. The van der Waals surface area contributed by atoms with Gasteiger partial charge in [0.25, 0.3) is 5.91 Å². The van der Waals surface area contributed by atoms with E-state index in [1.165, 1.54) is 12.8 Å². The molecule has 0 aromatic heterocycles. The number of hydrogen-bond donors (Lipinski definition) is 1. The van der Waals surface area contributed by atoms with Crippen molar-refractivity contribution in [1.82, 2.24) is 10.2 Å². The zero-order valence-electron chi connectivity index (χ0n) is 21.0. The molecule has 0 spiro atoms. The third-order valence-corrected chi connectivity index (χ3v) is 6.47. The summed E-state index contributed by atoms with van der Waals surface area (Å²) in [6.07, 6.45) is 6.30. The van der Waals surface area contributed by atoms with E-state index in [-0.39, 0.29) is 11.8 Å². The maximum absolute atomic E-state index is 13.3. The fourth-order valence-electron chi connectivity index (χ4n) is 4.51. The number of anilines is 1. The minimum Gasteiger partial charge on any atom is -0.355 e. The highest BCUT2D eigenvalue weighted by Crippen LogP contribution is 2.20. The number of amides is 2. The molecule has 1 aliphatic rings. The number of rotatable bonds is 10. The summed E-state index contributed by atoms with van der Waals surface area (Å²) >= 11 is 0. The lowest BCUT2D eigenvalue weighted by Crippen LogP contribution is -2.34. The van der Waals surface area contributed by atoms with Gasteiger partial charge in [-0.25, -0.2) is 0 Å². The Kier molecular flexibility index (Phi) is 9.06. The summed E-state index contributed by atoms with van der Waals surface area (Å²) < 4.78 is 0. The van der Waals surface area contributed by atoms with Crippen LogP contribution in [0.1, 0.15) is 35.1 Å². The molecule has 5 nitrogen and oxygen atoms in total. The van der Waals surface area contributed by atoms with E-state index >= 15 is 0 Å². The first-order valence-electron chi connectivity index (χ1n) is 12.7. The van der Waals surface area contributed by atoms with Gasteiger partial charge in [0.2, 0.25) is 5.91 Å². The normalized spacial score (nSPS) is 13.7. The molecule has 1 saturated heterocycles. The molecular weight excluding hydrogens is 446 g/mol. The van der Waals surface area contributed by atoms with Gasteiger partial charge in [0.05, 0.1) is 13.0 Å². The molecular formula is C31H35N3O2. The lowest BCUT2D eigenvalue weighted by atomic mass is 10.1. The van der Waals surface area contributed by atoms with Gasteiger partial charge in [0, 0.05) is 24.9 Å².